The molecule has 5 nitrogen and oxygen atoms in total. The Hall–Kier alpha value is -2.38. The van der Waals surface area contributed by atoms with E-state index in [2.05, 4.69) is 10.2 Å². The second kappa shape index (κ2) is 8.54. The van der Waals surface area contributed by atoms with Gasteiger partial charge in [-0.3, -0.25) is 9.36 Å². The maximum Gasteiger partial charge on any atom is 0.233 e. The van der Waals surface area contributed by atoms with Gasteiger partial charge in [0.2, 0.25) is 5.91 Å². The van der Waals surface area contributed by atoms with Crippen molar-refractivity contribution >= 4 is 29.3 Å². The van der Waals surface area contributed by atoms with Crippen LogP contribution >= 0.6 is 23.4 Å². The predicted octanol–water partition coefficient (Wildman–Crippen LogP) is 4.12. The molecular formula is C19H18ClFN4OS. The number of hydrogen-bond acceptors (Lipinski definition) is 4. The summed E-state index contributed by atoms with van der Waals surface area (Å²) in [5.41, 5.74) is 2.56. The molecule has 0 unspecified atom stereocenters. The molecule has 0 saturated heterocycles. The van der Waals surface area contributed by atoms with E-state index in [1.54, 1.807) is 35.0 Å². The Morgan fingerprint density at radius 2 is 2.11 bits per heavy atom. The van der Waals surface area contributed by atoms with E-state index in [1.807, 2.05) is 25.1 Å². The number of benzene rings is 2. The van der Waals surface area contributed by atoms with Crippen LogP contribution in [0.2, 0.25) is 5.02 Å². The van der Waals surface area contributed by atoms with E-state index < -0.39 is 0 Å². The average molecular weight is 405 g/mol. The fourth-order valence-corrected chi connectivity index (χ4v) is 3.51. The molecule has 0 fully saturated rings. The molecule has 0 saturated carbocycles. The zero-order chi connectivity index (χ0) is 19.4. The lowest BCUT2D eigenvalue weighted by Crippen LogP contribution is -2.27. The monoisotopic (exact) mass is 404 g/mol. The summed E-state index contributed by atoms with van der Waals surface area (Å²) in [5.74, 6) is -0.197. The SMILES string of the molecule is Cc1ccc(-n2cnnc2SCC(=O)N(C)Cc2cccc(F)c2)cc1Cl. The number of halogens is 2. The van der Waals surface area contributed by atoms with Gasteiger partial charge in [-0.15, -0.1) is 10.2 Å². The maximum atomic E-state index is 13.3. The predicted molar refractivity (Wildman–Crippen MR) is 105 cm³/mol. The smallest absolute Gasteiger partial charge is 0.233 e. The van der Waals surface area contributed by atoms with Crippen molar-refractivity contribution < 1.29 is 9.18 Å². The third-order valence-electron chi connectivity index (χ3n) is 4.01. The van der Waals surface area contributed by atoms with E-state index in [-0.39, 0.29) is 17.5 Å². The Balaban J connectivity index is 1.64. The number of rotatable bonds is 6. The summed E-state index contributed by atoms with van der Waals surface area (Å²) in [4.78, 5) is 14.0. The summed E-state index contributed by atoms with van der Waals surface area (Å²) < 4.78 is 15.1. The lowest BCUT2D eigenvalue weighted by Gasteiger charge is -2.17. The van der Waals surface area contributed by atoms with Crippen LogP contribution in [0.1, 0.15) is 11.1 Å². The number of aryl methyl sites for hydroxylation is 1. The number of thioether (sulfide) groups is 1. The first-order valence-electron chi connectivity index (χ1n) is 8.22. The molecule has 0 aliphatic rings. The van der Waals surface area contributed by atoms with E-state index in [4.69, 9.17) is 11.6 Å². The second-order valence-electron chi connectivity index (χ2n) is 6.09. The van der Waals surface area contributed by atoms with Gasteiger partial charge in [-0.05, 0) is 42.3 Å². The van der Waals surface area contributed by atoms with Crippen molar-refractivity contribution in [3.05, 3.63) is 70.8 Å². The molecule has 140 valence electrons. The quantitative estimate of drug-likeness (QED) is 0.580. The summed E-state index contributed by atoms with van der Waals surface area (Å²) in [6.07, 6.45) is 1.59. The first kappa shape index (κ1) is 19.4. The van der Waals surface area contributed by atoms with E-state index in [1.165, 1.54) is 23.9 Å². The van der Waals surface area contributed by atoms with Gasteiger partial charge in [0.1, 0.15) is 12.1 Å². The van der Waals surface area contributed by atoms with Crippen molar-refractivity contribution in [1.29, 1.82) is 0 Å². The Morgan fingerprint density at radius 1 is 1.30 bits per heavy atom. The number of aromatic nitrogens is 3. The van der Waals surface area contributed by atoms with Gasteiger partial charge >= 0.3 is 0 Å². The first-order chi connectivity index (χ1) is 12.9. The van der Waals surface area contributed by atoms with Crippen molar-refractivity contribution in [3.63, 3.8) is 0 Å². The molecule has 1 aromatic heterocycles. The van der Waals surface area contributed by atoms with Gasteiger partial charge in [0.15, 0.2) is 5.16 Å². The van der Waals surface area contributed by atoms with Crippen molar-refractivity contribution in [2.75, 3.05) is 12.8 Å². The van der Waals surface area contributed by atoms with Crippen LogP contribution in [0.4, 0.5) is 4.39 Å². The molecule has 2 aromatic carbocycles. The summed E-state index contributed by atoms with van der Waals surface area (Å²) >= 11 is 7.48. The molecule has 0 spiro atoms. The molecule has 0 atom stereocenters. The van der Waals surface area contributed by atoms with Gasteiger partial charge < -0.3 is 4.90 Å². The van der Waals surface area contributed by atoms with Gasteiger partial charge in [-0.25, -0.2) is 4.39 Å². The third kappa shape index (κ3) is 4.87. The summed E-state index contributed by atoms with van der Waals surface area (Å²) in [6.45, 7) is 2.28. The van der Waals surface area contributed by atoms with Gasteiger partial charge in [-0.1, -0.05) is 41.6 Å². The molecule has 3 rings (SSSR count). The molecule has 0 aliphatic heterocycles. The first-order valence-corrected chi connectivity index (χ1v) is 9.58. The highest BCUT2D eigenvalue weighted by Crippen LogP contribution is 2.24. The molecule has 3 aromatic rings. The molecule has 0 radical (unpaired) electrons. The molecular weight excluding hydrogens is 387 g/mol. The van der Waals surface area contributed by atoms with Crippen LogP contribution in [0.15, 0.2) is 53.9 Å². The fourth-order valence-electron chi connectivity index (χ4n) is 2.47. The fraction of sp³-hybridized carbons (Fsp3) is 0.211. The van der Waals surface area contributed by atoms with Crippen molar-refractivity contribution in [2.45, 2.75) is 18.6 Å². The normalized spacial score (nSPS) is 10.8. The van der Waals surface area contributed by atoms with Gasteiger partial charge in [0, 0.05) is 18.6 Å². The maximum absolute atomic E-state index is 13.3. The number of amides is 1. The van der Waals surface area contributed by atoms with Gasteiger partial charge in [-0.2, -0.15) is 0 Å². The highest BCUT2D eigenvalue weighted by Gasteiger charge is 2.14. The number of hydrogen-bond donors (Lipinski definition) is 0. The van der Waals surface area contributed by atoms with Crippen LogP contribution in [-0.2, 0) is 11.3 Å². The van der Waals surface area contributed by atoms with Crippen LogP contribution in [0.3, 0.4) is 0 Å². The minimum atomic E-state index is -0.312. The van der Waals surface area contributed by atoms with E-state index in [9.17, 15) is 9.18 Å². The van der Waals surface area contributed by atoms with Crippen molar-refractivity contribution in [1.82, 2.24) is 19.7 Å². The number of carbonyl (C=O) groups is 1. The largest absolute Gasteiger partial charge is 0.341 e. The second-order valence-corrected chi connectivity index (χ2v) is 7.44. The lowest BCUT2D eigenvalue weighted by atomic mass is 10.2. The Labute approximate surface area is 166 Å². The summed E-state index contributed by atoms with van der Waals surface area (Å²) in [5, 5.41) is 9.27. The highest BCUT2D eigenvalue weighted by atomic mass is 35.5. The lowest BCUT2D eigenvalue weighted by molar-refractivity contribution is -0.127. The standard InChI is InChI=1S/C19H18ClFN4OS/c1-13-6-7-16(9-17(13)20)25-12-22-23-19(25)27-11-18(26)24(2)10-14-4-3-5-15(21)8-14/h3-9,12H,10-11H2,1-2H3. The average Bonchev–Trinajstić information content (AvgIpc) is 3.10. The molecule has 8 heteroatoms. The number of nitrogens with zero attached hydrogens (tertiary/aromatic N) is 4. The highest BCUT2D eigenvalue weighted by molar-refractivity contribution is 7.99. The van der Waals surface area contributed by atoms with Crippen LogP contribution in [0.5, 0.6) is 0 Å². The zero-order valence-corrected chi connectivity index (χ0v) is 16.5. The molecule has 0 bridgehead atoms. The minimum absolute atomic E-state index is 0.0826. The van der Waals surface area contributed by atoms with Gasteiger partial charge in [0.25, 0.3) is 0 Å². The molecule has 1 heterocycles. The summed E-state index contributed by atoms with van der Waals surface area (Å²) in [7, 11) is 1.69. The Bertz CT molecular complexity index is 962. The molecule has 27 heavy (non-hydrogen) atoms. The minimum Gasteiger partial charge on any atom is -0.341 e. The molecule has 0 aliphatic carbocycles. The number of carbonyl (C=O) groups excluding carboxylic acids is 1. The molecule has 1 amide bonds. The van der Waals surface area contributed by atoms with Crippen LogP contribution in [0.25, 0.3) is 5.69 Å². The van der Waals surface area contributed by atoms with Crippen LogP contribution < -0.4 is 0 Å². The van der Waals surface area contributed by atoms with Crippen LogP contribution in [-0.4, -0.2) is 38.4 Å². The van der Waals surface area contributed by atoms with E-state index >= 15 is 0 Å². The Morgan fingerprint density at radius 3 is 2.85 bits per heavy atom. The van der Waals surface area contributed by atoms with E-state index in [0.29, 0.717) is 16.7 Å². The zero-order valence-electron chi connectivity index (χ0n) is 14.9. The summed E-state index contributed by atoms with van der Waals surface area (Å²) in [6, 6.07) is 11.9. The Kier molecular flexibility index (Phi) is 6.13. The van der Waals surface area contributed by atoms with E-state index in [0.717, 1.165) is 16.8 Å². The van der Waals surface area contributed by atoms with Gasteiger partial charge in [0.05, 0.1) is 11.4 Å². The topological polar surface area (TPSA) is 51.0 Å². The van der Waals surface area contributed by atoms with Crippen LogP contribution in [0, 0.1) is 12.7 Å². The van der Waals surface area contributed by atoms with Crippen molar-refractivity contribution in [2.24, 2.45) is 0 Å². The molecule has 0 N–H and O–H groups in total. The van der Waals surface area contributed by atoms with Crippen molar-refractivity contribution in [3.8, 4) is 5.69 Å². The third-order valence-corrected chi connectivity index (χ3v) is 5.34.